The SMILES string of the molecule is C=CC(=O)N1CC[C@H](C(=O)N(C)[C@H](C(=O)N[C@H]2Cc3nc(co3)-c3ccc4c(c3)c(c(-c3cccnc3[C@H](C)OC)n4CC)CC(C)(C)COC(=O)[C@@H]3CCCN(N3)C2=O)C(C)C)C1. The van der Waals surface area contributed by atoms with E-state index in [1.807, 2.05) is 32.9 Å². The van der Waals surface area contributed by atoms with Crippen LogP contribution >= 0.6 is 0 Å². The molecule has 7 rings (SSSR count). The number of likely N-dealkylation sites (N-methyl/N-ethyl adjacent to an activating group) is 1. The lowest BCUT2D eigenvalue weighted by molar-refractivity contribution is -0.155. The lowest BCUT2D eigenvalue weighted by Crippen LogP contribution is -2.62. The minimum absolute atomic E-state index is 0.110. The van der Waals surface area contributed by atoms with E-state index in [9.17, 15) is 24.0 Å². The van der Waals surface area contributed by atoms with Gasteiger partial charge in [-0.2, -0.15) is 0 Å². The van der Waals surface area contributed by atoms with Crippen LogP contribution in [0.25, 0.3) is 33.4 Å². The van der Waals surface area contributed by atoms with Crippen LogP contribution in [0.2, 0.25) is 0 Å². The molecular formula is C48H62N8O8. The van der Waals surface area contributed by atoms with Gasteiger partial charge < -0.3 is 33.6 Å². The maximum absolute atomic E-state index is 14.5. The Kier molecular flexibility index (Phi) is 13.8. The highest BCUT2D eigenvalue weighted by molar-refractivity contribution is 5.96. The zero-order chi connectivity index (χ0) is 46.0. The average Bonchev–Trinajstić information content (AvgIpc) is 4.05. The monoisotopic (exact) mass is 878 g/mol. The van der Waals surface area contributed by atoms with Crippen molar-refractivity contribution in [1.29, 1.82) is 0 Å². The van der Waals surface area contributed by atoms with Gasteiger partial charge in [0.15, 0.2) is 5.89 Å². The number of amides is 4. The Bertz CT molecular complexity index is 2420. The van der Waals surface area contributed by atoms with E-state index >= 15 is 0 Å². The lowest BCUT2D eigenvalue weighted by atomic mass is 9.84. The summed E-state index contributed by atoms with van der Waals surface area (Å²) in [6, 6.07) is 7.24. The zero-order valence-corrected chi connectivity index (χ0v) is 38.3. The van der Waals surface area contributed by atoms with Crippen molar-refractivity contribution >= 4 is 40.5 Å². The molecule has 0 saturated carbocycles. The fourth-order valence-corrected chi connectivity index (χ4v) is 9.46. The van der Waals surface area contributed by atoms with Crippen LogP contribution in [-0.4, -0.2) is 117 Å². The minimum Gasteiger partial charge on any atom is -0.464 e. The number of pyridine rings is 1. The second-order valence-corrected chi connectivity index (χ2v) is 18.4. The topological polar surface area (TPSA) is 181 Å². The number of carbonyl (C=O) groups is 5. The van der Waals surface area contributed by atoms with E-state index in [2.05, 4.69) is 60.9 Å². The number of hydrogen-bond acceptors (Lipinski definition) is 11. The first-order chi connectivity index (χ1) is 30.5. The van der Waals surface area contributed by atoms with Gasteiger partial charge in [-0.3, -0.25) is 34.0 Å². The van der Waals surface area contributed by atoms with Crippen molar-refractivity contribution < 1.29 is 37.9 Å². The fourth-order valence-electron chi connectivity index (χ4n) is 9.46. The number of nitrogens with one attached hydrogen (secondary N) is 2. The van der Waals surface area contributed by atoms with E-state index in [0.717, 1.165) is 39.0 Å². The van der Waals surface area contributed by atoms with E-state index in [4.69, 9.17) is 23.9 Å². The molecular weight excluding hydrogens is 817 g/mol. The third-order valence-corrected chi connectivity index (χ3v) is 12.8. The molecule has 2 saturated heterocycles. The number of methoxy groups -OCH3 is 1. The van der Waals surface area contributed by atoms with Gasteiger partial charge in [0.1, 0.15) is 30.1 Å². The number of hydrazine groups is 1. The van der Waals surface area contributed by atoms with Crippen molar-refractivity contribution in [3.8, 4) is 22.5 Å². The van der Waals surface area contributed by atoms with Gasteiger partial charge >= 0.3 is 5.97 Å². The molecule has 4 aromatic rings. The summed E-state index contributed by atoms with van der Waals surface area (Å²) in [6.07, 6.45) is 6.15. The van der Waals surface area contributed by atoms with Crippen LogP contribution < -0.4 is 10.7 Å². The van der Waals surface area contributed by atoms with Crippen LogP contribution in [0.15, 0.2) is 59.9 Å². The first kappa shape index (κ1) is 46.1. The third-order valence-electron chi connectivity index (χ3n) is 12.8. The molecule has 0 radical (unpaired) electrons. The van der Waals surface area contributed by atoms with Crippen LogP contribution in [0.5, 0.6) is 0 Å². The molecule has 0 aliphatic carbocycles. The van der Waals surface area contributed by atoms with Gasteiger partial charge in [-0.05, 0) is 81.4 Å². The predicted octanol–water partition coefficient (Wildman–Crippen LogP) is 5.25. The lowest BCUT2D eigenvalue weighted by Gasteiger charge is -2.36. The number of hydrogen-bond donors (Lipinski definition) is 2. The second kappa shape index (κ2) is 19.1. The number of rotatable bonds is 10. The molecule has 3 aliphatic rings. The number of aryl methyl sites for hydroxylation is 1. The Morgan fingerprint density at radius 3 is 2.64 bits per heavy atom. The van der Waals surface area contributed by atoms with Crippen LogP contribution in [0.4, 0.5) is 0 Å². The Morgan fingerprint density at radius 2 is 1.92 bits per heavy atom. The molecule has 16 nitrogen and oxygen atoms in total. The molecule has 1 aromatic carbocycles. The minimum atomic E-state index is -1.19. The van der Waals surface area contributed by atoms with E-state index in [1.54, 1.807) is 31.5 Å². The summed E-state index contributed by atoms with van der Waals surface area (Å²) in [7, 11) is 3.25. The second-order valence-electron chi connectivity index (χ2n) is 18.4. The van der Waals surface area contributed by atoms with Gasteiger partial charge in [-0.1, -0.05) is 40.3 Å². The van der Waals surface area contributed by atoms with Crippen LogP contribution in [0, 0.1) is 17.3 Å². The number of benzene rings is 1. The van der Waals surface area contributed by atoms with Crippen molar-refractivity contribution in [1.82, 2.24) is 40.1 Å². The molecule has 64 heavy (non-hydrogen) atoms. The third kappa shape index (κ3) is 9.34. The Labute approximate surface area is 374 Å². The van der Waals surface area contributed by atoms with Crippen molar-refractivity contribution in [2.24, 2.45) is 17.3 Å². The maximum atomic E-state index is 14.5. The standard InChI is InChI=1S/C48H62N8O8/c1-10-40(57)54-21-18-31(25-54)45(59)53(8)42(28(3)4)44(58)51-36-23-39-50-37(26-63-39)30-16-17-38-33(22-30)34(43(55(38)11-2)32-14-12-19-49-41(32)29(5)62-9)24-48(6,7)27-64-47(61)35-15-13-20-56(52-35)46(36)60/h10,12,14,16-17,19,22,26,28-29,31,35-36,42,52H,1,11,13,15,18,20-21,23-25,27H2,2-9H3,(H,51,58)/t29-,31-,35-,36-,42-/m0/s1. The van der Waals surface area contributed by atoms with Crippen molar-refractivity contribution in [2.45, 2.75) is 104 Å². The van der Waals surface area contributed by atoms with Gasteiger partial charge in [0.25, 0.3) is 5.91 Å². The Morgan fingerprint density at radius 1 is 1.14 bits per heavy atom. The number of cyclic esters (lactones) is 1. The summed E-state index contributed by atoms with van der Waals surface area (Å²) in [4.78, 5) is 81.5. The summed E-state index contributed by atoms with van der Waals surface area (Å²) in [5.41, 5.74) is 8.77. The van der Waals surface area contributed by atoms with Gasteiger partial charge in [-0.25, -0.2) is 10.4 Å². The highest BCUT2D eigenvalue weighted by atomic mass is 16.5. The Hall–Kier alpha value is -5.87. The molecule has 342 valence electrons. The zero-order valence-electron chi connectivity index (χ0n) is 38.3. The van der Waals surface area contributed by atoms with Gasteiger partial charge in [0, 0.05) is 74.0 Å². The Balaban J connectivity index is 1.27. The van der Waals surface area contributed by atoms with Crippen LogP contribution in [0.3, 0.4) is 0 Å². The quantitative estimate of drug-likeness (QED) is 0.157. The molecule has 3 aromatic heterocycles. The molecule has 3 aliphatic heterocycles. The molecule has 0 spiro atoms. The molecule has 6 bridgehead atoms. The number of aromatic nitrogens is 3. The molecule has 0 unspecified atom stereocenters. The number of esters is 1. The van der Waals surface area contributed by atoms with Crippen LogP contribution in [0.1, 0.15) is 84.1 Å². The number of nitrogens with zero attached hydrogens (tertiary/aromatic N) is 6. The maximum Gasteiger partial charge on any atom is 0.324 e. The molecule has 5 atom stereocenters. The summed E-state index contributed by atoms with van der Waals surface area (Å²) < 4.78 is 20.2. The summed E-state index contributed by atoms with van der Waals surface area (Å²) in [5, 5.41) is 5.32. The van der Waals surface area contributed by atoms with Crippen LogP contribution in [-0.2, 0) is 52.8 Å². The van der Waals surface area contributed by atoms with Gasteiger partial charge in [-0.15, -0.1) is 0 Å². The summed E-state index contributed by atoms with van der Waals surface area (Å²) >= 11 is 0. The molecule has 4 amide bonds. The van der Waals surface area contributed by atoms with E-state index in [1.165, 1.54) is 16.0 Å². The van der Waals surface area contributed by atoms with Crippen molar-refractivity contribution in [2.75, 3.05) is 40.4 Å². The van der Waals surface area contributed by atoms with Gasteiger partial charge in [0.05, 0.1) is 36.4 Å². The molecule has 2 fully saturated rings. The van der Waals surface area contributed by atoms with Gasteiger partial charge in [0.2, 0.25) is 17.7 Å². The highest BCUT2D eigenvalue weighted by Crippen LogP contribution is 2.42. The summed E-state index contributed by atoms with van der Waals surface area (Å²) in [5.74, 6) is -2.62. The molecule has 16 heteroatoms. The van der Waals surface area contributed by atoms with E-state index < -0.39 is 47.2 Å². The first-order valence-corrected chi connectivity index (χ1v) is 22.4. The summed E-state index contributed by atoms with van der Waals surface area (Å²) in [6.45, 7) is 17.2. The highest BCUT2D eigenvalue weighted by Gasteiger charge is 2.40. The smallest absolute Gasteiger partial charge is 0.324 e. The average molecular weight is 879 g/mol. The van der Waals surface area contributed by atoms with E-state index in [0.29, 0.717) is 44.5 Å². The largest absolute Gasteiger partial charge is 0.464 e. The number of fused-ring (bicyclic) bond motifs is 6. The molecule has 6 heterocycles. The van der Waals surface area contributed by atoms with Crippen molar-refractivity contribution in [3.63, 3.8) is 0 Å². The van der Waals surface area contributed by atoms with Crippen molar-refractivity contribution in [3.05, 3.63) is 72.6 Å². The van der Waals surface area contributed by atoms with E-state index in [-0.39, 0.29) is 55.8 Å². The normalized spacial score (nSPS) is 21.3. The number of oxazole rings is 1. The number of carbonyl (C=O) groups excluding carboxylic acids is 5. The molecule has 2 N–H and O–H groups in total. The first-order valence-electron chi connectivity index (χ1n) is 22.4. The fraction of sp³-hybridized carbons (Fsp3) is 0.521. The number of ether oxygens (including phenoxy) is 2. The predicted molar refractivity (Wildman–Crippen MR) is 240 cm³/mol. The number of likely N-dealkylation sites (tertiary alicyclic amines) is 1.